The molecule has 1 aromatic rings. The van der Waals surface area contributed by atoms with E-state index in [2.05, 4.69) is 17.5 Å². The number of nitro groups is 1. The number of hydrogen-bond donors (Lipinski definition) is 1. The first-order valence-corrected chi connectivity index (χ1v) is 5.71. The average molecular weight is 249 g/mol. The van der Waals surface area contributed by atoms with Crippen molar-refractivity contribution in [3.05, 3.63) is 39.9 Å². The molecule has 0 aliphatic rings. The van der Waals surface area contributed by atoms with Gasteiger partial charge in [0.2, 0.25) is 0 Å². The molecule has 0 saturated heterocycles. The first kappa shape index (κ1) is 13.8. The Morgan fingerprint density at radius 3 is 3.00 bits per heavy atom. The predicted octanol–water partition coefficient (Wildman–Crippen LogP) is 2.50. The molecule has 0 bridgehead atoms. The van der Waals surface area contributed by atoms with E-state index in [9.17, 15) is 14.9 Å². The molecule has 0 atom stereocenters. The second-order valence-corrected chi connectivity index (χ2v) is 3.70. The molecule has 6 heteroatoms. The Balaban J connectivity index is 2.59. The van der Waals surface area contributed by atoms with Crippen LogP contribution in [-0.2, 0) is 0 Å². The Morgan fingerprint density at radius 2 is 2.33 bits per heavy atom. The van der Waals surface area contributed by atoms with Crippen molar-refractivity contribution in [2.45, 2.75) is 26.2 Å². The van der Waals surface area contributed by atoms with Crippen LogP contribution in [0, 0.1) is 10.1 Å². The van der Waals surface area contributed by atoms with Gasteiger partial charge in [0.05, 0.1) is 4.92 Å². The van der Waals surface area contributed by atoms with E-state index in [-0.39, 0.29) is 11.3 Å². The fraction of sp³-hybridized carbons (Fsp3) is 0.333. The lowest BCUT2D eigenvalue weighted by Gasteiger charge is -1.99. The normalized spacial score (nSPS) is 10.5. The van der Waals surface area contributed by atoms with Crippen LogP contribution in [-0.4, -0.2) is 17.0 Å². The molecule has 0 saturated carbocycles. The minimum atomic E-state index is -0.540. The highest BCUT2D eigenvalue weighted by molar-refractivity contribution is 5.94. The third-order valence-corrected chi connectivity index (χ3v) is 2.26. The Bertz CT molecular complexity index is 458. The van der Waals surface area contributed by atoms with Gasteiger partial charge in [0, 0.05) is 23.9 Å². The quantitative estimate of drug-likeness (QED) is 0.364. The summed E-state index contributed by atoms with van der Waals surface area (Å²) in [4.78, 5) is 21.6. The fourth-order valence-corrected chi connectivity index (χ4v) is 1.29. The minimum absolute atomic E-state index is 0.113. The summed E-state index contributed by atoms with van der Waals surface area (Å²) in [5.41, 5.74) is 2.44. The van der Waals surface area contributed by atoms with E-state index >= 15 is 0 Å². The van der Waals surface area contributed by atoms with Crippen LogP contribution in [0.5, 0.6) is 0 Å². The Morgan fingerprint density at radius 1 is 1.56 bits per heavy atom. The van der Waals surface area contributed by atoms with Gasteiger partial charge in [-0.1, -0.05) is 19.4 Å². The van der Waals surface area contributed by atoms with Gasteiger partial charge in [-0.15, -0.1) is 0 Å². The molecule has 0 fully saturated rings. The van der Waals surface area contributed by atoms with E-state index in [1.807, 2.05) is 0 Å². The smallest absolute Gasteiger partial charge is 0.267 e. The Labute approximate surface area is 105 Å². The van der Waals surface area contributed by atoms with Crippen LogP contribution in [0.15, 0.2) is 29.4 Å². The van der Waals surface area contributed by atoms with Gasteiger partial charge in [-0.25, -0.2) is 5.43 Å². The van der Waals surface area contributed by atoms with Crippen molar-refractivity contribution in [1.82, 2.24) is 5.43 Å². The molecule has 0 spiro atoms. The largest absolute Gasteiger partial charge is 0.271 e. The molecule has 0 heterocycles. The Hall–Kier alpha value is -2.24. The average Bonchev–Trinajstić information content (AvgIpc) is 2.38. The number of non-ortho nitro benzene ring substituents is 1. The third kappa shape index (κ3) is 4.32. The summed E-state index contributed by atoms with van der Waals surface area (Å²) >= 11 is 0. The molecule has 1 aromatic carbocycles. The van der Waals surface area contributed by atoms with Gasteiger partial charge in [-0.3, -0.25) is 14.9 Å². The van der Waals surface area contributed by atoms with Crippen molar-refractivity contribution >= 4 is 17.8 Å². The maximum Gasteiger partial charge on any atom is 0.271 e. The summed E-state index contributed by atoms with van der Waals surface area (Å²) in [5.74, 6) is -0.452. The summed E-state index contributed by atoms with van der Waals surface area (Å²) in [6, 6.07) is 5.52. The molecule has 0 radical (unpaired) electrons. The van der Waals surface area contributed by atoms with Crippen LogP contribution >= 0.6 is 0 Å². The standard InChI is InChI=1S/C12H15N3O3/c1-2-3-4-8-13-14-12(16)10-6-5-7-11(9-10)15(17)18/h5-9H,2-4H2,1H3,(H,14,16)/b13-8-. The van der Waals surface area contributed by atoms with Crippen LogP contribution < -0.4 is 5.43 Å². The topological polar surface area (TPSA) is 84.6 Å². The molecule has 1 N–H and O–H groups in total. The van der Waals surface area contributed by atoms with Gasteiger partial charge in [-0.05, 0) is 18.9 Å². The summed E-state index contributed by atoms with van der Waals surface area (Å²) in [6.07, 6.45) is 4.49. The first-order chi connectivity index (χ1) is 8.65. The van der Waals surface area contributed by atoms with E-state index in [0.717, 1.165) is 19.3 Å². The van der Waals surface area contributed by atoms with Gasteiger partial charge in [0.1, 0.15) is 0 Å². The summed E-state index contributed by atoms with van der Waals surface area (Å²) in [7, 11) is 0. The maximum atomic E-state index is 11.6. The highest BCUT2D eigenvalue weighted by Gasteiger charge is 2.10. The third-order valence-electron chi connectivity index (χ3n) is 2.26. The number of hydrazone groups is 1. The molecule has 96 valence electrons. The monoisotopic (exact) mass is 249 g/mol. The lowest BCUT2D eigenvalue weighted by Crippen LogP contribution is -2.17. The van der Waals surface area contributed by atoms with Crippen molar-refractivity contribution in [3.63, 3.8) is 0 Å². The number of nitrogens with zero attached hydrogens (tertiary/aromatic N) is 2. The van der Waals surface area contributed by atoms with Gasteiger partial charge in [0.25, 0.3) is 11.6 Å². The van der Waals surface area contributed by atoms with Gasteiger partial charge in [0.15, 0.2) is 0 Å². The first-order valence-electron chi connectivity index (χ1n) is 5.71. The number of rotatable bonds is 6. The van der Waals surface area contributed by atoms with Crippen LogP contribution in [0.1, 0.15) is 36.5 Å². The molecular weight excluding hydrogens is 234 g/mol. The van der Waals surface area contributed by atoms with E-state index < -0.39 is 10.8 Å². The predicted molar refractivity (Wildman–Crippen MR) is 68.6 cm³/mol. The zero-order chi connectivity index (χ0) is 13.4. The van der Waals surface area contributed by atoms with Crippen LogP contribution in [0.2, 0.25) is 0 Å². The number of amides is 1. The van der Waals surface area contributed by atoms with Crippen molar-refractivity contribution in [2.75, 3.05) is 0 Å². The number of carbonyl (C=O) groups is 1. The number of nitrogens with one attached hydrogen (secondary N) is 1. The number of carbonyl (C=O) groups excluding carboxylic acids is 1. The van der Waals surface area contributed by atoms with Crippen LogP contribution in [0.3, 0.4) is 0 Å². The summed E-state index contributed by atoms with van der Waals surface area (Å²) in [5, 5.41) is 14.3. The zero-order valence-corrected chi connectivity index (χ0v) is 10.1. The molecule has 18 heavy (non-hydrogen) atoms. The minimum Gasteiger partial charge on any atom is -0.267 e. The molecule has 1 amide bonds. The van der Waals surface area contributed by atoms with Crippen molar-refractivity contribution < 1.29 is 9.72 Å². The molecule has 0 aromatic heterocycles. The molecular formula is C12H15N3O3. The number of nitro benzene ring substituents is 1. The van der Waals surface area contributed by atoms with E-state index in [0.29, 0.717) is 0 Å². The van der Waals surface area contributed by atoms with Gasteiger partial charge >= 0.3 is 0 Å². The molecule has 6 nitrogen and oxygen atoms in total. The zero-order valence-electron chi connectivity index (χ0n) is 10.1. The molecule has 0 unspecified atom stereocenters. The second kappa shape index (κ2) is 7.16. The van der Waals surface area contributed by atoms with E-state index in [1.165, 1.54) is 24.3 Å². The highest BCUT2D eigenvalue weighted by Crippen LogP contribution is 2.12. The lowest BCUT2D eigenvalue weighted by molar-refractivity contribution is -0.384. The van der Waals surface area contributed by atoms with Gasteiger partial charge in [-0.2, -0.15) is 5.10 Å². The van der Waals surface area contributed by atoms with Gasteiger partial charge < -0.3 is 0 Å². The summed E-state index contributed by atoms with van der Waals surface area (Å²) in [6.45, 7) is 2.07. The van der Waals surface area contributed by atoms with Crippen molar-refractivity contribution in [1.29, 1.82) is 0 Å². The van der Waals surface area contributed by atoms with Crippen molar-refractivity contribution in [2.24, 2.45) is 5.10 Å². The fourth-order valence-electron chi connectivity index (χ4n) is 1.29. The van der Waals surface area contributed by atoms with E-state index in [1.54, 1.807) is 6.21 Å². The molecule has 0 aliphatic heterocycles. The van der Waals surface area contributed by atoms with E-state index in [4.69, 9.17) is 0 Å². The van der Waals surface area contributed by atoms with Crippen LogP contribution in [0.4, 0.5) is 5.69 Å². The number of benzene rings is 1. The lowest BCUT2D eigenvalue weighted by atomic mass is 10.2. The van der Waals surface area contributed by atoms with Crippen LogP contribution in [0.25, 0.3) is 0 Å². The molecule has 0 aliphatic carbocycles. The SMILES string of the molecule is CCCC/C=N\NC(=O)c1cccc([N+](=O)[O-])c1. The van der Waals surface area contributed by atoms with Crippen molar-refractivity contribution in [3.8, 4) is 0 Å². The summed E-state index contributed by atoms with van der Waals surface area (Å²) < 4.78 is 0. The Kier molecular flexibility index (Phi) is 5.50. The maximum absolute atomic E-state index is 11.6. The number of unbranched alkanes of at least 4 members (excludes halogenated alkanes) is 2. The second-order valence-electron chi connectivity index (χ2n) is 3.70. The molecule has 1 rings (SSSR count). The number of hydrogen-bond acceptors (Lipinski definition) is 4. The highest BCUT2D eigenvalue weighted by atomic mass is 16.6.